The predicted molar refractivity (Wildman–Crippen MR) is 131 cm³/mol. The van der Waals surface area contributed by atoms with Gasteiger partial charge in [0.15, 0.2) is 0 Å². The average molecular weight is 548 g/mol. The van der Waals surface area contributed by atoms with Crippen molar-refractivity contribution in [1.29, 1.82) is 0 Å². The van der Waals surface area contributed by atoms with Crippen LogP contribution in [0.15, 0.2) is 56.4 Å². The Bertz CT molecular complexity index is 1090. The van der Waals surface area contributed by atoms with Crippen LogP contribution < -0.4 is 10.1 Å². The number of carbonyl (C=O) groups excluding carboxylic acids is 1. The zero-order valence-electron chi connectivity index (χ0n) is 16.4. The number of nitrogens with zero attached hydrogens (tertiary/aromatic N) is 1. The zero-order valence-corrected chi connectivity index (χ0v) is 20.4. The van der Waals surface area contributed by atoms with E-state index < -0.39 is 0 Å². The molecule has 3 aromatic rings. The first-order valence-corrected chi connectivity index (χ1v) is 12.0. The van der Waals surface area contributed by atoms with Gasteiger partial charge in [-0.25, -0.2) is 4.99 Å². The summed E-state index contributed by atoms with van der Waals surface area (Å²) < 4.78 is 7.05. The molecule has 0 fully saturated rings. The highest BCUT2D eigenvalue weighted by molar-refractivity contribution is 9.11. The molecule has 0 radical (unpaired) electrons. The highest BCUT2D eigenvalue weighted by Crippen LogP contribution is 2.40. The van der Waals surface area contributed by atoms with Gasteiger partial charge < -0.3 is 10.1 Å². The first kappa shape index (κ1) is 21.3. The molecule has 4 rings (SSSR count). The molecule has 154 valence electrons. The monoisotopic (exact) mass is 546 g/mol. The Labute approximate surface area is 196 Å². The Morgan fingerprint density at radius 1 is 1.13 bits per heavy atom. The van der Waals surface area contributed by atoms with Crippen LogP contribution >= 0.6 is 43.2 Å². The van der Waals surface area contributed by atoms with Crippen LogP contribution in [-0.4, -0.2) is 19.2 Å². The molecule has 0 atom stereocenters. The topological polar surface area (TPSA) is 50.7 Å². The zero-order chi connectivity index (χ0) is 21.1. The lowest BCUT2D eigenvalue weighted by atomic mass is 9.95. The van der Waals surface area contributed by atoms with Gasteiger partial charge in [-0.1, -0.05) is 18.2 Å². The Hall–Kier alpha value is -1.96. The summed E-state index contributed by atoms with van der Waals surface area (Å²) in [4.78, 5) is 19.2. The number of aryl methyl sites for hydroxylation is 1. The van der Waals surface area contributed by atoms with Gasteiger partial charge in [0.2, 0.25) is 0 Å². The maximum absolute atomic E-state index is 13.2. The number of thiophene rings is 1. The standard InChI is InChI=1S/C23H20Br2N2O2S/c1-29-21-17(24)11-14(12-18(21)25)13-26-23-20(16-9-5-6-10-19(16)30-23)22(28)27-15-7-3-2-4-8-15/h2-4,7-8,11-13H,5-6,9-10H2,1H3,(H,27,28). The number of para-hydroxylation sites is 1. The minimum Gasteiger partial charge on any atom is -0.494 e. The number of carbonyl (C=O) groups is 1. The summed E-state index contributed by atoms with van der Waals surface area (Å²) in [6, 6.07) is 13.4. The molecule has 0 bridgehead atoms. The number of benzene rings is 2. The van der Waals surface area contributed by atoms with E-state index in [9.17, 15) is 4.79 Å². The molecular formula is C23H20Br2N2O2S. The van der Waals surface area contributed by atoms with Gasteiger partial charge in [0, 0.05) is 16.8 Å². The van der Waals surface area contributed by atoms with Gasteiger partial charge in [-0.3, -0.25) is 4.79 Å². The lowest BCUT2D eigenvalue weighted by Gasteiger charge is -2.12. The second kappa shape index (κ2) is 9.45. The largest absolute Gasteiger partial charge is 0.494 e. The van der Waals surface area contributed by atoms with Crippen LogP contribution in [0.5, 0.6) is 5.75 Å². The number of halogens is 2. The average Bonchev–Trinajstić information content (AvgIpc) is 3.11. The second-order valence-corrected chi connectivity index (χ2v) is 9.78. The van der Waals surface area contributed by atoms with E-state index in [4.69, 9.17) is 9.73 Å². The van der Waals surface area contributed by atoms with Gasteiger partial charge in [-0.2, -0.15) is 0 Å². The van der Waals surface area contributed by atoms with E-state index in [1.807, 2.05) is 42.5 Å². The van der Waals surface area contributed by atoms with Crippen LogP contribution in [0, 0.1) is 0 Å². The summed E-state index contributed by atoms with van der Waals surface area (Å²) in [7, 11) is 1.63. The molecule has 1 aliphatic carbocycles. The van der Waals surface area contributed by atoms with Crippen molar-refractivity contribution in [1.82, 2.24) is 0 Å². The first-order chi connectivity index (χ1) is 14.6. The smallest absolute Gasteiger partial charge is 0.259 e. The molecular weight excluding hydrogens is 528 g/mol. The molecule has 2 aromatic carbocycles. The quantitative estimate of drug-likeness (QED) is 0.344. The Morgan fingerprint density at radius 3 is 2.53 bits per heavy atom. The third-order valence-electron chi connectivity index (χ3n) is 4.97. The number of fused-ring (bicyclic) bond motifs is 1. The number of methoxy groups -OCH3 is 1. The van der Waals surface area contributed by atoms with Gasteiger partial charge in [-0.15, -0.1) is 11.3 Å². The molecule has 30 heavy (non-hydrogen) atoms. The lowest BCUT2D eigenvalue weighted by Crippen LogP contribution is -2.14. The van der Waals surface area contributed by atoms with Crippen LogP contribution in [0.3, 0.4) is 0 Å². The van der Waals surface area contributed by atoms with E-state index in [-0.39, 0.29) is 5.91 Å². The SMILES string of the molecule is COc1c(Br)cc(C=Nc2sc3c(c2C(=O)Nc2ccccc2)CCCC3)cc1Br. The van der Waals surface area contributed by atoms with Crippen molar-refractivity contribution in [2.45, 2.75) is 25.7 Å². The van der Waals surface area contributed by atoms with Crippen molar-refractivity contribution in [2.75, 3.05) is 12.4 Å². The Balaban J connectivity index is 1.69. The van der Waals surface area contributed by atoms with E-state index in [2.05, 4.69) is 37.2 Å². The van der Waals surface area contributed by atoms with E-state index in [0.29, 0.717) is 5.56 Å². The highest BCUT2D eigenvalue weighted by Gasteiger charge is 2.25. The summed E-state index contributed by atoms with van der Waals surface area (Å²) in [5.41, 5.74) is 3.57. The van der Waals surface area contributed by atoms with Crippen molar-refractivity contribution >= 4 is 66.0 Å². The van der Waals surface area contributed by atoms with Crippen LogP contribution in [0.2, 0.25) is 0 Å². The third kappa shape index (κ3) is 4.53. The fourth-order valence-corrected chi connectivity index (χ4v) is 6.35. The van der Waals surface area contributed by atoms with E-state index in [1.54, 1.807) is 24.7 Å². The molecule has 1 aromatic heterocycles. The number of rotatable bonds is 5. The molecule has 0 unspecified atom stereocenters. The maximum Gasteiger partial charge on any atom is 0.259 e. The van der Waals surface area contributed by atoms with Crippen LogP contribution in [0.4, 0.5) is 10.7 Å². The first-order valence-electron chi connectivity index (χ1n) is 9.65. The van der Waals surface area contributed by atoms with Crippen molar-refractivity contribution in [2.24, 2.45) is 4.99 Å². The number of aliphatic imine (C=N–C) groups is 1. The van der Waals surface area contributed by atoms with E-state index in [0.717, 1.165) is 62.2 Å². The summed E-state index contributed by atoms with van der Waals surface area (Å²) in [5.74, 6) is 0.645. The fourth-order valence-electron chi connectivity index (χ4n) is 3.57. The van der Waals surface area contributed by atoms with E-state index >= 15 is 0 Å². The van der Waals surface area contributed by atoms with Crippen molar-refractivity contribution < 1.29 is 9.53 Å². The number of ether oxygens (including phenoxy) is 1. The number of hydrogen-bond acceptors (Lipinski definition) is 4. The maximum atomic E-state index is 13.2. The normalized spacial score (nSPS) is 13.3. The molecule has 1 aliphatic rings. The summed E-state index contributed by atoms with van der Waals surface area (Å²) in [6.45, 7) is 0. The minimum absolute atomic E-state index is 0.0927. The number of hydrogen-bond donors (Lipinski definition) is 1. The second-order valence-electron chi connectivity index (χ2n) is 6.99. The number of nitrogens with one attached hydrogen (secondary N) is 1. The van der Waals surface area contributed by atoms with Gasteiger partial charge in [0.1, 0.15) is 10.8 Å². The molecule has 1 N–H and O–H groups in total. The van der Waals surface area contributed by atoms with Crippen LogP contribution in [0.1, 0.15) is 39.2 Å². The molecule has 0 saturated carbocycles. The third-order valence-corrected chi connectivity index (χ3v) is 7.34. The van der Waals surface area contributed by atoms with Gasteiger partial charge in [0.05, 0.1) is 21.6 Å². The summed E-state index contributed by atoms with van der Waals surface area (Å²) in [5, 5.41) is 3.79. The molecule has 4 nitrogen and oxygen atoms in total. The lowest BCUT2D eigenvalue weighted by molar-refractivity contribution is 0.102. The van der Waals surface area contributed by atoms with Gasteiger partial charge in [0.25, 0.3) is 5.91 Å². The minimum atomic E-state index is -0.0927. The molecule has 1 heterocycles. The summed E-state index contributed by atoms with van der Waals surface area (Å²) in [6.07, 6.45) is 6.01. The van der Waals surface area contributed by atoms with Gasteiger partial charge in [-0.05, 0) is 92.9 Å². The predicted octanol–water partition coefficient (Wildman–Crippen LogP) is 7.16. The summed E-state index contributed by atoms with van der Waals surface area (Å²) >= 11 is 8.68. The van der Waals surface area contributed by atoms with Crippen LogP contribution in [-0.2, 0) is 12.8 Å². The molecule has 1 amide bonds. The molecule has 0 saturated heterocycles. The van der Waals surface area contributed by atoms with Crippen LogP contribution in [0.25, 0.3) is 0 Å². The van der Waals surface area contributed by atoms with E-state index in [1.165, 1.54) is 4.88 Å². The number of anilines is 1. The van der Waals surface area contributed by atoms with Gasteiger partial charge >= 0.3 is 0 Å². The Kier molecular flexibility index (Phi) is 6.71. The molecule has 0 spiro atoms. The Morgan fingerprint density at radius 2 is 1.83 bits per heavy atom. The van der Waals surface area contributed by atoms with Crippen molar-refractivity contribution in [3.8, 4) is 5.75 Å². The fraction of sp³-hybridized carbons (Fsp3) is 0.217. The molecule has 0 aliphatic heterocycles. The van der Waals surface area contributed by atoms with Crippen molar-refractivity contribution in [3.63, 3.8) is 0 Å². The molecule has 7 heteroatoms. The van der Waals surface area contributed by atoms with Crippen molar-refractivity contribution in [3.05, 3.63) is 73.0 Å². The highest BCUT2D eigenvalue weighted by atomic mass is 79.9. The number of amides is 1.